The van der Waals surface area contributed by atoms with Gasteiger partial charge in [-0.3, -0.25) is 4.79 Å². The highest BCUT2D eigenvalue weighted by molar-refractivity contribution is 7.89. The molecule has 0 radical (unpaired) electrons. The van der Waals surface area contributed by atoms with Crippen molar-refractivity contribution in [3.05, 3.63) is 30.1 Å². The molecule has 23 heavy (non-hydrogen) atoms. The molecule has 0 saturated carbocycles. The summed E-state index contributed by atoms with van der Waals surface area (Å²) in [5.74, 6) is -0.795. The molecule has 1 aromatic carbocycles. The summed E-state index contributed by atoms with van der Waals surface area (Å²) in [5.41, 5.74) is 5.52. The summed E-state index contributed by atoms with van der Waals surface area (Å²) in [6.07, 6.45) is 0.559. The number of hydrogen-bond donors (Lipinski definition) is 1. The molecule has 0 aliphatic carbocycles. The quantitative estimate of drug-likeness (QED) is 0.870. The van der Waals surface area contributed by atoms with Gasteiger partial charge in [-0.1, -0.05) is 6.92 Å². The smallest absolute Gasteiger partial charge is 0.243 e. The van der Waals surface area contributed by atoms with Gasteiger partial charge in [0.15, 0.2) is 0 Å². The van der Waals surface area contributed by atoms with Gasteiger partial charge in [-0.05, 0) is 30.7 Å². The second kappa shape index (κ2) is 7.37. The maximum atomic E-state index is 13.0. The molecule has 1 aromatic rings. The van der Waals surface area contributed by atoms with Crippen LogP contribution in [0.2, 0.25) is 0 Å². The first kappa shape index (κ1) is 17.8. The third-order valence-electron chi connectivity index (χ3n) is 3.99. The largest absolute Gasteiger partial charge is 0.341 e. The van der Waals surface area contributed by atoms with Crippen molar-refractivity contribution in [2.24, 2.45) is 11.7 Å². The van der Waals surface area contributed by atoms with Gasteiger partial charge in [0, 0.05) is 38.6 Å². The van der Waals surface area contributed by atoms with Crippen molar-refractivity contribution in [1.82, 2.24) is 9.21 Å². The second-order valence-corrected chi connectivity index (χ2v) is 7.61. The van der Waals surface area contributed by atoms with Crippen molar-refractivity contribution in [2.75, 3.05) is 32.7 Å². The molecular weight excluding hydrogens is 321 g/mol. The third kappa shape index (κ3) is 4.07. The monoisotopic (exact) mass is 343 g/mol. The molecular formula is C15H22FN3O3S. The van der Waals surface area contributed by atoms with Gasteiger partial charge in [0.1, 0.15) is 5.82 Å². The number of nitrogens with two attached hydrogens (primary N) is 1. The Morgan fingerprint density at radius 1 is 1.22 bits per heavy atom. The lowest BCUT2D eigenvalue weighted by Gasteiger charge is -2.24. The fourth-order valence-corrected chi connectivity index (χ4v) is 3.99. The van der Waals surface area contributed by atoms with E-state index in [0.717, 1.165) is 12.1 Å². The van der Waals surface area contributed by atoms with E-state index in [9.17, 15) is 17.6 Å². The Morgan fingerprint density at radius 3 is 2.48 bits per heavy atom. The van der Waals surface area contributed by atoms with Crippen molar-refractivity contribution in [3.63, 3.8) is 0 Å². The Kier molecular flexibility index (Phi) is 5.72. The summed E-state index contributed by atoms with van der Waals surface area (Å²) in [6.45, 7) is 3.44. The molecule has 1 saturated heterocycles. The number of nitrogens with zero attached hydrogens (tertiary/aromatic N) is 2. The zero-order chi connectivity index (χ0) is 17.0. The Balaban J connectivity index is 2.10. The molecule has 6 nitrogen and oxygen atoms in total. The zero-order valence-electron chi connectivity index (χ0n) is 13.1. The predicted molar refractivity (Wildman–Crippen MR) is 84.6 cm³/mol. The predicted octanol–water partition coefficient (Wildman–Crippen LogP) is 0.643. The second-order valence-electron chi connectivity index (χ2n) is 5.67. The molecule has 2 rings (SSSR count). The van der Waals surface area contributed by atoms with Crippen LogP contribution in [0.3, 0.4) is 0 Å². The molecule has 1 unspecified atom stereocenters. The van der Waals surface area contributed by atoms with Gasteiger partial charge in [-0.2, -0.15) is 4.31 Å². The van der Waals surface area contributed by atoms with Crippen molar-refractivity contribution in [1.29, 1.82) is 0 Å². The number of rotatable bonds is 4. The number of hydrogen-bond acceptors (Lipinski definition) is 4. The standard InChI is InChI=1S/C15H22FN3O3S/c1-12(11-17)15(20)18-7-2-8-19(10-9-18)23(21,22)14-5-3-13(16)4-6-14/h3-6,12H,2,7-11,17H2,1H3. The molecule has 1 heterocycles. The van der Waals surface area contributed by atoms with E-state index < -0.39 is 15.8 Å². The molecule has 128 valence electrons. The lowest BCUT2D eigenvalue weighted by Crippen LogP contribution is -2.41. The summed E-state index contributed by atoms with van der Waals surface area (Å²) in [7, 11) is -3.67. The highest BCUT2D eigenvalue weighted by atomic mass is 32.2. The number of benzene rings is 1. The number of carbonyl (C=O) groups is 1. The van der Waals surface area contributed by atoms with Crippen molar-refractivity contribution >= 4 is 15.9 Å². The lowest BCUT2D eigenvalue weighted by atomic mass is 10.1. The SMILES string of the molecule is CC(CN)C(=O)N1CCCN(S(=O)(=O)c2ccc(F)cc2)CC1. The highest BCUT2D eigenvalue weighted by Crippen LogP contribution is 2.18. The van der Waals surface area contributed by atoms with Crippen LogP contribution in [0.25, 0.3) is 0 Å². The number of sulfonamides is 1. The van der Waals surface area contributed by atoms with Crippen molar-refractivity contribution in [3.8, 4) is 0 Å². The average Bonchev–Trinajstić information content (AvgIpc) is 2.80. The van der Waals surface area contributed by atoms with Gasteiger partial charge in [0.25, 0.3) is 0 Å². The molecule has 1 aliphatic rings. The number of amides is 1. The van der Waals surface area contributed by atoms with Crippen LogP contribution in [0, 0.1) is 11.7 Å². The van der Waals surface area contributed by atoms with E-state index in [4.69, 9.17) is 5.73 Å². The van der Waals surface area contributed by atoms with E-state index in [2.05, 4.69) is 0 Å². The van der Waals surface area contributed by atoms with Crippen LogP contribution in [0.15, 0.2) is 29.2 Å². The first-order valence-electron chi connectivity index (χ1n) is 7.61. The zero-order valence-corrected chi connectivity index (χ0v) is 13.9. The van der Waals surface area contributed by atoms with E-state index in [1.165, 1.54) is 16.4 Å². The Bertz CT molecular complexity index is 648. The van der Waals surface area contributed by atoms with E-state index in [-0.39, 0.29) is 29.8 Å². The summed E-state index contributed by atoms with van der Waals surface area (Å²) in [5, 5.41) is 0. The van der Waals surface area contributed by atoms with Gasteiger partial charge in [0.05, 0.1) is 4.90 Å². The lowest BCUT2D eigenvalue weighted by molar-refractivity contribution is -0.134. The molecule has 1 fully saturated rings. The topological polar surface area (TPSA) is 83.7 Å². The van der Waals surface area contributed by atoms with E-state index in [1.807, 2.05) is 0 Å². The van der Waals surface area contributed by atoms with Gasteiger partial charge in [-0.15, -0.1) is 0 Å². The fraction of sp³-hybridized carbons (Fsp3) is 0.533. The van der Waals surface area contributed by atoms with Crippen LogP contribution in [-0.2, 0) is 14.8 Å². The van der Waals surface area contributed by atoms with Crippen LogP contribution in [0.4, 0.5) is 4.39 Å². The van der Waals surface area contributed by atoms with Crippen LogP contribution >= 0.6 is 0 Å². The van der Waals surface area contributed by atoms with E-state index >= 15 is 0 Å². The Labute approximate surface area is 136 Å². The molecule has 1 aliphatic heterocycles. The van der Waals surface area contributed by atoms with Crippen LogP contribution in [-0.4, -0.2) is 56.3 Å². The highest BCUT2D eigenvalue weighted by Gasteiger charge is 2.29. The van der Waals surface area contributed by atoms with Crippen LogP contribution < -0.4 is 5.73 Å². The molecule has 2 N–H and O–H groups in total. The molecule has 1 amide bonds. The third-order valence-corrected chi connectivity index (χ3v) is 5.91. The van der Waals surface area contributed by atoms with Crippen LogP contribution in [0.5, 0.6) is 0 Å². The molecule has 0 bridgehead atoms. The minimum atomic E-state index is -3.67. The van der Waals surface area contributed by atoms with Crippen molar-refractivity contribution < 1.29 is 17.6 Å². The Morgan fingerprint density at radius 2 is 1.87 bits per heavy atom. The Hall–Kier alpha value is -1.51. The summed E-state index contributed by atoms with van der Waals surface area (Å²) in [6, 6.07) is 4.77. The maximum absolute atomic E-state index is 13.0. The molecule has 0 spiro atoms. The average molecular weight is 343 g/mol. The van der Waals surface area contributed by atoms with Gasteiger partial charge in [-0.25, -0.2) is 12.8 Å². The normalized spacial score (nSPS) is 18.5. The van der Waals surface area contributed by atoms with Gasteiger partial charge < -0.3 is 10.6 Å². The minimum absolute atomic E-state index is 0.0477. The van der Waals surface area contributed by atoms with Crippen LogP contribution in [0.1, 0.15) is 13.3 Å². The summed E-state index contributed by atoms with van der Waals surface area (Å²) in [4.78, 5) is 13.9. The number of carbonyl (C=O) groups excluding carboxylic acids is 1. The first-order valence-corrected chi connectivity index (χ1v) is 9.05. The molecule has 1 atom stereocenters. The number of halogens is 1. The fourth-order valence-electron chi connectivity index (χ4n) is 2.52. The van der Waals surface area contributed by atoms with Crippen molar-refractivity contribution in [2.45, 2.75) is 18.2 Å². The van der Waals surface area contributed by atoms with Gasteiger partial charge >= 0.3 is 0 Å². The maximum Gasteiger partial charge on any atom is 0.243 e. The van der Waals surface area contributed by atoms with E-state index in [1.54, 1.807) is 11.8 Å². The van der Waals surface area contributed by atoms with E-state index in [0.29, 0.717) is 26.1 Å². The minimum Gasteiger partial charge on any atom is -0.341 e. The summed E-state index contributed by atoms with van der Waals surface area (Å²) < 4.78 is 39.5. The van der Waals surface area contributed by atoms with Gasteiger partial charge in [0.2, 0.25) is 15.9 Å². The molecule has 8 heteroatoms. The molecule has 0 aromatic heterocycles. The first-order chi connectivity index (χ1) is 10.9. The summed E-state index contributed by atoms with van der Waals surface area (Å²) >= 11 is 0.